The lowest BCUT2D eigenvalue weighted by Gasteiger charge is -2.12. The van der Waals surface area contributed by atoms with Gasteiger partial charge in [0, 0.05) is 22.2 Å². The van der Waals surface area contributed by atoms with Crippen molar-refractivity contribution >= 4 is 57.1 Å². The minimum atomic E-state index is -0.284. The van der Waals surface area contributed by atoms with E-state index in [0.717, 1.165) is 41.8 Å². The molecule has 1 aliphatic carbocycles. The van der Waals surface area contributed by atoms with Crippen molar-refractivity contribution in [3.05, 3.63) is 63.1 Å². The molecule has 2 heterocycles. The zero-order chi connectivity index (χ0) is 23.2. The van der Waals surface area contributed by atoms with Crippen LogP contribution in [0.5, 0.6) is 0 Å². The van der Waals surface area contributed by atoms with E-state index in [1.165, 1.54) is 17.7 Å². The first kappa shape index (κ1) is 23.7. The molecule has 174 valence electrons. The number of benzene rings is 1. The van der Waals surface area contributed by atoms with Crippen LogP contribution in [0.25, 0.3) is 0 Å². The van der Waals surface area contributed by atoms with Gasteiger partial charge in [0.25, 0.3) is 0 Å². The van der Waals surface area contributed by atoms with Crippen LogP contribution >= 0.6 is 35.2 Å². The van der Waals surface area contributed by atoms with Crippen molar-refractivity contribution in [2.45, 2.75) is 52.0 Å². The molecule has 2 aromatic heterocycles. The summed E-state index contributed by atoms with van der Waals surface area (Å²) in [6, 6.07) is 9.55. The fraction of sp³-hybridized carbons (Fsp3) is 0.375. The number of esters is 1. The molecule has 4 rings (SSSR count). The summed E-state index contributed by atoms with van der Waals surface area (Å²) < 4.78 is 7.20. The number of thiophene rings is 1. The van der Waals surface area contributed by atoms with Crippen molar-refractivity contribution < 1.29 is 9.53 Å². The molecule has 0 bridgehead atoms. The zero-order valence-corrected chi connectivity index (χ0v) is 20.9. The number of halogens is 1. The lowest BCUT2D eigenvalue weighted by Crippen LogP contribution is -2.21. The Balaban J connectivity index is 1.47. The van der Waals surface area contributed by atoms with Gasteiger partial charge in [0.05, 0.1) is 18.7 Å². The van der Waals surface area contributed by atoms with Gasteiger partial charge in [0.2, 0.25) is 0 Å². The minimum Gasteiger partial charge on any atom is -0.462 e. The highest BCUT2D eigenvalue weighted by atomic mass is 35.5. The lowest BCUT2D eigenvalue weighted by atomic mass is 9.96. The number of thiocarbonyl (C=S) groups is 1. The van der Waals surface area contributed by atoms with Gasteiger partial charge in [-0.15, -0.1) is 11.3 Å². The number of aromatic nitrogens is 2. The van der Waals surface area contributed by atoms with Gasteiger partial charge >= 0.3 is 5.97 Å². The molecule has 0 saturated heterocycles. The maximum absolute atomic E-state index is 12.8. The quantitative estimate of drug-likeness (QED) is 0.305. The molecule has 0 saturated carbocycles. The van der Waals surface area contributed by atoms with Crippen LogP contribution in [0.15, 0.2) is 36.5 Å². The van der Waals surface area contributed by atoms with E-state index in [0.29, 0.717) is 34.7 Å². The number of carbonyl (C=O) groups excluding carboxylic acids is 1. The Morgan fingerprint density at radius 3 is 2.67 bits per heavy atom. The van der Waals surface area contributed by atoms with E-state index in [2.05, 4.69) is 15.7 Å². The predicted octanol–water partition coefficient (Wildman–Crippen LogP) is 6.29. The Kier molecular flexibility index (Phi) is 8.01. The number of carbonyl (C=O) groups is 1. The Bertz CT molecular complexity index is 1120. The third-order valence-electron chi connectivity index (χ3n) is 5.52. The number of anilines is 2. The number of ether oxygens (including phenoxy) is 1. The molecule has 0 fully saturated rings. The van der Waals surface area contributed by atoms with Crippen LogP contribution in [0.3, 0.4) is 0 Å². The van der Waals surface area contributed by atoms with Crippen LogP contribution in [0.1, 0.15) is 59.0 Å². The summed E-state index contributed by atoms with van der Waals surface area (Å²) in [6.07, 6.45) is 8.43. The number of hydrogen-bond acceptors (Lipinski definition) is 5. The second-order valence-corrected chi connectivity index (χ2v) is 9.90. The number of nitrogens with one attached hydrogen (secondary N) is 2. The molecule has 33 heavy (non-hydrogen) atoms. The molecule has 0 atom stereocenters. The third-order valence-corrected chi connectivity index (χ3v) is 7.18. The van der Waals surface area contributed by atoms with Gasteiger partial charge in [0.15, 0.2) is 10.9 Å². The number of aryl methyl sites for hydroxylation is 1. The van der Waals surface area contributed by atoms with Crippen molar-refractivity contribution in [2.75, 3.05) is 17.2 Å². The van der Waals surface area contributed by atoms with Crippen LogP contribution in [-0.4, -0.2) is 27.5 Å². The maximum Gasteiger partial charge on any atom is 0.341 e. The van der Waals surface area contributed by atoms with E-state index in [1.807, 2.05) is 48.1 Å². The molecule has 0 unspecified atom stereocenters. The molecule has 0 aliphatic heterocycles. The highest BCUT2D eigenvalue weighted by Crippen LogP contribution is 2.37. The third kappa shape index (κ3) is 6.13. The summed E-state index contributed by atoms with van der Waals surface area (Å²) >= 11 is 13.1. The number of rotatable bonds is 6. The molecular weight excluding hydrogens is 476 g/mol. The van der Waals surface area contributed by atoms with Gasteiger partial charge in [-0.3, -0.25) is 4.68 Å². The smallest absolute Gasteiger partial charge is 0.341 e. The summed E-state index contributed by atoms with van der Waals surface area (Å²) in [6.45, 7) is 2.80. The van der Waals surface area contributed by atoms with Crippen molar-refractivity contribution in [1.29, 1.82) is 0 Å². The number of hydrogen-bond donors (Lipinski definition) is 2. The van der Waals surface area contributed by atoms with E-state index in [1.54, 1.807) is 11.3 Å². The first-order chi connectivity index (χ1) is 16.0. The molecule has 0 amide bonds. The predicted molar refractivity (Wildman–Crippen MR) is 139 cm³/mol. The lowest BCUT2D eigenvalue weighted by molar-refractivity contribution is 0.0526. The fourth-order valence-corrected chi connectivity index (χ4v) is 5.65. The fourth-order valence-electron chi connectivity index (χ4n) is 3.97. The van der Waals surface area contributed by atoms with Crippen molar-refractivity contribution in [2.24, 2.45) is 0 Å². The van der Waals surface area contributed by atoms with Crippen LogP contribution < -0.4 is 10.6 Å². The SMILES string of the molecule is CCOC(=O)c1c(NC(=S)Nc2ccn(Cc3ccc(Cl)cc3)n2)sc2c1CCCCCC2. The molecule has 1 aliphatic rings. The van der Waals surface area contributed by atoms with Crippen LogP contribution in [0, 0.1) is 0 Å². The molecule has 0 spiro atoms. The molecule has 0 radical (unpaired) electrons. The number of nitrogens with zero attached hydrogens (tertiary/aromatic N) is 2. The molecule has 6 nitrogen and oxygen atoms in total. The van der Waals surface area contributed by atoms with Gasteiger partial charge in [-0.2, -0.15) is 5.10 Å². The van der Waals surface area contributed by atoms with Crippen LogP contribution in [0.2, 0.25) is 5.02 Å². The Morgan fingerprint density at radius 1 is 1.15 bits per heavy atom. The van der Waals surface area contributed by atoms with Crippen LogP contribution in [-0.2, 0) is 24.1 Å². The average Bonchev–Trinajstić information content (AvgIpc) is 3.33. The highest BCUT2D eigenvalue weighted by Gasteiger charge is 2.25. The Hall–Kier alpha value is -2.42. The second kappa shape index (κ2) is 11.1. The average molecular weight is 503 g/mol. The molecule has 9 heteroatoms. The van der Waals surface area contributed by atoms with Crippen molar-refractivity contribution in [3.8, 4) is 0 Å². The molecule has 3 aromatic rings. The minimum absolute atomic E-state index is 0.284. The molecule has 2 N–H and O–H groups in total. The first-order valence-corrected chi connectivity index (χ1v) is 12.8. The first-order valence-electron chi connectivity index (χ1n) is 11.2. The zero-order valence-electron chi connectivity index (χ0n) is 18.5. The summed E-state index contributed by atoms with van der Waals surface area (Å²) in [4.78, 5) is 14.1. The van der Waals surface area contributed by atoms with Crippen molar-refractivity contribution in [3.63, 3.8) is 0 Å². The van der Waals surface area contributed by atoms with Crippen LogP contribution in [0.4, 0.5) is 10.8 Å². The Morgan fingerprint density at radius 2 is 1.91 bits per heavy atom. The monoisotopic (exact) mass is 502 g/mol. The van der Waals surface area contributed by atoms with Crippen molar-refractivity contribution in [1.82, 2.24) is 9.78 Å². The maximum atomic E-state index is 12.8. The van der Waals surface area contributed by atoms with Gasteiger partial charge < -0.3 is 15.4 Å². The van der Waals surface area contributed by atoms with Gasteiger partial charge in [0.1, 0.15) is 5.00 Å². The standard InChI is InChI=1S/C24H27ClN4O2S2/c1-2-31-23(30)21-18-7-5-3-4-6-8-19(18)33-22(21)27-24(32)26-20-13-14-29(28-20)15-16-9-11-17(25)12-10-16/h9-14H,2-8,15H2,1H3,(H2,26,27,28,32). The van der Waals surface area contributed by atoms with E-state index >= 15 is 0 Å². The van der Waals surface area contributed by atoms with Gasteiger partial charge in [-0.25, -0.2) is 4.79 Å². The largest absolute Gasteiger partial charge is 0.462 e. The van der Waals surface area contributed by atoms with Gasteiger partial charge in [-0.05, 0) is 68.1 Å². The second-order valence-electron chi connectivity index (χ2n) is 7.95. The van der Waals surface area contributed by atoms with E-state index in [9.17, 15) is 4.79 Å². The van der Waals surface area contributed by atoms with E-state index in [4.69, 9.17) is 28.6 Å². The Labute approximate surface area is 208 Å². The molecular formula is C24H27ClN4O2S2. The number of fused-ring (bicyclic) bond motifs is 1. The highest BCUT2D eigenvalue weighted by molar-refractivity contribution is 7.80. The normalized spacial score (nSPS) is 13.5. The molecule has 1 aromatic carbocycles. The van der Waals surface area contributed by atoms with Gasteiger partial charge in [-0.1, -0.05) is 36.6 Å². The van der Waals surface area contributed by atoms with E-state index in [-0.39, 0.29) is 5.97 Å². The summed E-state index contributed by atoms with van der Waals surface area (Å²) in [5.41, 5.74) is 2.86. The van der Waals surface area contributed by atoms with E-state index < -0.39 is 0 Å². The topological polar surface area (TPSA) is 68.2 Å². The summed E-state index contributed by atoms with van der Waals surface area (Å²) in [5.74, 6) is 0.349. The summed E-state index contributed by atoms with van der Waals surface area (Å²) in [7, 11) is 0. The summed E-state index contributed by atoms with van der Waals surface area (Å²) in [5, 5.41) is 12.8.